The van der Waals surface area contributed by atoms with E-state index in [2.05, 4.69) is 9.71 Å². The normalized spacial score (nSPS) is 13.5. The highest BCUT2D eigenvalue weighted by atomic mass is 35.5. The summed E-state index contributed by atoms with van der Waals surface area (Å²) in [6.07, 6.45) is 2.03. The van der Waals surface area contributed by atoms with Crippen molar-refractivity contribution in [3.05, 3.63) is 35.5 Å². The van der Waals surface area contributed by atoms with Gasteiger partial charge >= 0.3 is 0 Å². The van der Waals surface area contributed by atoms with Gasteiger partial charge in [-0.05, 0) is 37.1 Å². The van der Waals surface area contributed by atoms with Crippen LogP contribution < -0.4 is 4.72 Å². The van der Waals surface area contributed by atoms with E-state index in [-0.39, 0.29) is 11.4 Å². The number of benzene rings is 1. The van der Waals surface area contributed by atoms with Crippen LogP contribution in [0, 0.1) is 0 Å². The Morgan fingerprint density at radius 1 is 1.38 bits per heavy atom. The molecule has 1 aromatic heterocycles. The van der Waals surface area contributed by atoms with E-state index in [4.69, 9.17) is 11.6 Å². The zero-order valence-electron chi connectivity index (χ0n) is 11.6. The number of nitrogens with one attached hydrogen (secondary N) is 1. The van der Waals surface area contributed by atoms with Gasteiger partial charge in [-0.2, -0.15) is 0 Å². The van der Waals surface area contributed by atoms with E-state index in [0.717, 1.165) is 0 Å². The van der Waals surface area contributed by atoms with E-state index in [9.17, 15) is 13.5 Å². The number of sulfonamides is 1. The summed E-state index contributed by atoms with van der Waals surface area (Å²) in [4.78, 5) is 4.25. The summed E-state index contributed by atoms with van der Waals surface area (Å²) in [5.41, 5.74) is 0.454. The molecule has 0 fully saturated rings. The van der Waals surface area contributed by atoms with Crippen molar-refractivity contribution < 1.29 is 13.5 Å². The lowest BCUT2D eigenvalue weighted by molar-refractivity contribution is 0.162. The van der Waals surface area contributed by atoms with Gasteiger partial charge in [0.05, 0.1) is 21.5 Å². The fraction of sp³-hybridized carbons (Fsp3) is 0.357. The van der Waals surface area contributed by atoms with Crippen LogP contribution in [-0.4, -0.2) is 31.2 Å². The van der Waals surface area contributed by atoms with Crippen LogP contribution in [0.4, 0.5) is 0 Å². The van der Waals surface area contributed by atoms with Crippen LogP contribution in [0.15, 0.2) is 35.4 Å². The van der Waals surface area contributed by atoms with Crippen molar-refractivity contribution in [2.24, 2.45) is 0 Å². The number of rotatable bonds is 6. The highest BCUT2D eigenvalue weighted by Gasteiger charge is 2.18. The van der Waals surface area contributed by atoms with Gasteiger partial charge in [0.1, 0.15) is 0 Å². The van der Waals surface area contributed by atoms with Crippen LogP contribution in [0.25, 0.3) is 10.9 Å². The largest absolute Gasteiger partial charge is 0.393 e. The molecule has 2 rings (SSSR count). The zero-order chi connectivity index (χ0) is 15.5. The molecule has 2 aromatic rings. The Balaban J connectivity index is 2.31. The molecule has 0 bridgehead atoms. The van der Waals surface area contributed by atoms with E-state index in [1.165, 1.54) is 12.1 Å². The molecule has 1 aromatic carbocycles. The average molecular weight is 329 g/mol. The summed E-state index contributed by atoms with van der Waals surface area (Å²) in [6, 6.07) is 6.32. The number of hydrogen-bond acceptors (Lipinski definition) is 4. The molecular formula is C14H17ClN2O3S. The zero-order valence-corrected chi connectivity index (χ0v) is 13.2. The molecule has 0 spiro atoms. The minimum atomic E-state index is -3.67. The number of nitrogens with zero attached hydrogens (tertiary/aromatic N) is 1. The van der Waals surface area contributed by atoms with E-state index in [1.807, 2.05) is 6.92 Å². The molecule has 1 heterocycles. The van der Waals surface area contributed by atoms with Gasteiger partial charge in [-0.3, -0.25) is 4.98 Å². The Morgan fingerprint density at radius 3 is 2.86 bits per heavy atom. The highest BCUT2D eigenvalue weighted by molar-refractivity contribution is 7.89. The predicted molar refractivity (Wildman–Crippen MR) is 82.9 cm³/mol. The molecule has 21 heavy (non-hydrogen) atoms. The first-order valence-electron chi connectivity index (χ1n) is 6.66. The fourth-order valence-corrected chi connectivity index (χ4v) is 3.45. The fourth-order valence-electron chi connectivity index (χ4n) is 1.99. The van der Waals surface area contributed by atoms with Gasteiger partial charge in [-0.15, -0.1) is 0 Å². The molecule has 0 radical (unpaired) electrons. The van der Waals surface area contributed by atoms with Gasteiger partial charge in [0.15, 0.2) is 0 Å². The molecule has 1 unspecified atom stereocenters. The van der Waals surface area contributed by atoms with Gasteiger partial charge in [-0.1, -0.05) is 18.5 Å². The molecule has 0 saturated heterocycles. The molecule has 114 valence electrons. The summed E-state index contributed by atoms with van der Waals surface area (Å²) < 4.78 is 27.2. The van der Waals surface area contributed by atoms with Crippen molar-refractivity contribution in [1.82, 2.24) is 9.71 Å². The van der Waals surface area contributed by atoms with Crippen LogP contribution in [-0.2, 0) is 10.0 Å². The number of aromatic nitrogens is 1. The molecule has 1 atom stereocenters. The number of pyridine rings is 1. The molecule has 0 aliphatic carbocycles. The van der Waals surface area contributed by atoms with Gasteiger partial charge in [0, 0.05) is 18.1 Å². The molecule has 2 N–H and O–H groups in total. The van der Waals surface area contributed by atoms with Crippen LogP contribution in [0.2, 0.25) is 5.02 Å². The summed E-state index contributed by atoms with van der Waals surface area (Å²) in [5, 5.41) is 10.4. The van der Waals surface area contributed by atoms with E-state index in [1.54, 1.807) is 18.3 Å². The maximum Gasteiger partial charge on any atom is 0.241 e. The van der Waals surface area contributed by atoms with Gasteiger partial charge < -0.3 is 5.11 Å². The summed E-state index contributed by atoms with van der Waals surface area (Å²) in [5.74, 6) is 0. The second-order valence-corrected chi connectivity index (χ2v) is 6.84. The standard InChI is InChI=1S/C14H17ClN2O3S/c1-2-10(18)7-9-17-21(19,20)13-6-5-12(15)14-11(13)4-3-8-16-14/h3-6,8,10,17-18H,2,7,9H2,1H3. The lowest BCUT2D eigenvalue weighted by atomic mass is 10.2. The first kappa shape index (κ1) is 16.2. The lowest BCUT2D eigenvalue weighted by Gasteiger charge is -2.11. The average Bonchev–Trinajstić information content (AvgIpc) is 2.47. The third-order valence-corrected chi connectivity index (χ3v) is 5.04. The third-order valence-electron chi connectivity index (χ3n) is 3.21. The van der Waals surface area contributed by atoms with E-state index >= 15 is 0 Å². The van der Waals surface area contributed by atoms with Gasteiger partial charge in [-0.25, -0.2) is 13.1 Å². The highest BCUT2D eigenvalue weighted by Crippen LogP contribution is 2.27. The lowest BCUT2D eigenvalue weighted by Crippen LogP contribution is -2.27. The monoisotopic (exact) mass is 328 g/mol. The smallest absolute Gasteiger partial charge is 0.241 e. The van der Waals surface area contributed by atoms with Crippen LogP contribution in [0.1, 0.15) is 19.8 Å². The first-order chi connectivity index (χ1) is 9.95. The number of aliphatic hydroxyl groups is 1. The second-order valence-electron chi connectivity index (χ2n) is 4.69. The van der Waals surface area contributed by atoms with Crippen molar-refractivity contribution in [2.45, 2.75) is 30.8 Å². The summed E-state index contributed by atoms with van der Waals surface area (Å²) in [7, 11) is -3.67. The third kappa shape index (κ3) is 3.71. The minimum Gasteiger partial charge on any atom is -0.393 e. The van der Waals surface area contributed by atoms with Crippen molar-refractivity contribution in [2.75, 3.05) is 6.54 Å². The molecule has 0 amide bonds. The van der Waals surface area contributed by atoms with Crippen molar-refractivity contribution in [1.29, 1.82) is 0 Å². The van der Waals surface area contributed by atoms with Crippen molar-refractivity contribution in [3.8, 4) is 0 Å². The van der Waals surface area contributed by atoms with Gasteiger partial charge in [0.25, 0.3) is 0 Å². The number of halogens is 1. The van der Waals surface area contributed by atoms with Crippen molar-refractivity contribution in [3.63, 3.8) is 0 Å². The number of fused-ring (bicyclic) bond motifs is 1. The Labute approximate surface area is 129 Å². The topological polar surface area (TPSA) is 79.3 Å². The quantitative estimate of drug-likeness (QED) is 0.853. The molecule has 0 saturated carbocycles. The second kappa shape index (κ2) is 6.70. The van der Waals surface area contributed by atoms with Crippen molar-refractivity contribution >= 4 is 32.5 Å². The Bertz CT molecular complexity index is 734. The SMILES string of the molecule is CCC(O)CCNS(=O)(=O)c1ccc(Cl)c2ncccc12. The maximum atomic E-state index is 12.4. The molecule has 7 heteroatoms. The van der Waals surface area contributed by atoms with Gasteiger partial charge in [0.2, 0.25) is 10.0 Å². The maximum absolute atomic E-state index is 12.4. The van der Waals surface area contributed by atoms with Crippen LogP contribution in [0.5, 0.6) is 0 Å². The number of hydrogen-bond donors (Lipinski definition) is 2. The Morgan fingerprint density at radius 2 is 2.14 bits per heavy atom. The molecule has 0 aliphatic rings. The van der Waals surface area contributed by atoms with E-state index in [0.29, 0.717) is 28.8 Å². The minimum absolute atomic E-state index is 0.140. The van der Waals surface area contributed by atoms with Crippen LogP contribution >= 0.6 is 11.6 Å². The molecule has 0 aliphatic heterocycles. The Kier molecular flexibility index (Phi) is 5.16. The summed E-state index contributed by atoms with van der Waals surface area (Å²) >= 11 is 6.03. The number of aliphatic hydroxyl groups excluding tert-OH is 1. The summed E-state index contributed by atoms with van der Waals surface area (Å²) in [6.45, 7) is 2.03. The first-order valence-corrected chi connectivity index (χ1v) is 8.52. The van der Waals surface area contributed by atoms with Crippen LogP contribution in [0.3, 0.4) is 0 Å². The Hall–Kier alpha value is -1.21. The molecular weight excluding hydrogens is 312 g/mol. The predicted octanol–water partition coefficient (Wildman–Crippen LogP) is 2.33. The molecule has 5 nitrogen and oxygen atoms in total. The van der Waals surface area contributed by atoms with E-state index < -0.39 is 16.1 Å².